The molecule has 4 amide bonds. The molecule has 11 N–H and O–H groups in total. The maximum atomic E-state index is 12.7. The lowest BCUT2D eigenvalue weighted by Crippen LogP contribution is -2.56. The van der Waals surface area contributed by atoms with Crippen molar-refractivity contribution >= 4 is 29.6 Å². The molecule has 0 aromatic heterocycles. The van der Waals surface area contributed by atoms with Crippen molar-refractivity contribution < 1.29 is 34.2 Å². The lowest BCUT2D eigenvalue weighted by molar-refractivity contribution is -0.143. The molecule has 0 spiro atoms. The van der Waals surface area contributed by atoms with Crippen molar-refractivity contribution in [1.29, 1.82) is 0 Å². The first-order valence-electron chi connectivity index (χ1n) is 11.1. The van der Waals surface area contributed by atoms with E-state index in [1.807, 2.05) is 0 Å². The first-order chi connectivity index (χ1) is 16.4. The standard InChI is InChI=1S/C22H34N6O7/c1-12(26-20(32)15(24)10-13-5-7-14(29)8-6-13)19(31)27-16(4-2-3-9-23)21(33)28-17(22(34)35)11-18(25)30/h5-8,12,15-17,29H,2-4,9-11,23-24H2,1H3,(H2,25,30)(H,26,32)(H,27,31)(H,28,33)(H,34,35). The lowest BCUT2D eigenvalue weighted by atomic mass is 10.1. The molecule has 0 aliphatic rings. The van der Waals surface area contributed by atoms with Gasteiger partial charge in [0.2, 0.25) is 23.6 Å². The molecule has 4 unspecified atom stereocenters. The highest BCUT2D eigenvalue weighted by atomic mass is 16.4. The molecule has 0 aliphatic heterocycles. The van der Waals surface area contributed by atoms with Crippen LogP contribution in [0.25, 0.3) is 0 Å². The summed E-state index contributed by atoms with van der Waals surface area (Å²) in [4.78, 5) is 60.1. The number of unbranched alkanes of at least 4 members (excludes halogenated alkanes) is 1. The number of carbonyl (C=O) groups is 5. The van der Waals surface area contributed by atoms with E-state index >= 15 is 0 Å². The highest BCUT2D eigenvalue weighted by molar-refractivity contribution is 5.94. The first kappa shape index (κ1) is 29.3. The summed E-state index contributed by atoms with van der Waals surface area (Å²) in [6, 6.07) is 1.45. The number of aliphatic carboxylic acids is 1. The van der Waals surface area contributed by atoms with Crippen molar-refractivity contribution in [3.05, 3.63) is 29.8 Å². The van der Waals surface area contributed by atoms with E-state index in [9.17, 15) is 34.2 Å². The van der Waals surface area contributed by atoms with Gasteiger partial charge in [0.05, 0.1) is 12.5 Å². The molecule has 0 radical (unpaired) electrons. The Bertz CT molecular complexity index is 893. The largest absolute Gasteiger partial charge is 0.508 e. The maximum absolute atomic E-state index is 12.7. The van der Waals surface area contributed by atoms with Gasteiger partial charge in [-0.2, -0.15) is 0 Å². The van der Waals surface area contributed by atoms with Crippen molar-refractivity contribution in [2.24, 2.45) is 17.2 Å². The van der Waals surface area contributed by atoms with E-state index in [0.717, 1.165) is 0 Å². The molecule has 1 aromatic carbocycles. The summed E-state index contributed by atoms with van der Waals surface area (Å²) in [6.45, 7) is 1.76. The molecule has 0 saturated carbocycles. The van der Waals surface area contributed by atoms with Gasteiger partial charge in [-0.1, -0.05) is 12.1 Å². The van der Waals surface area contributed by atoms with E-state index in [1.165, 1.54) is 19.1 Å². The number of phenols is 1. The van der Waals surface area contributed by atoms with Gasteiger partial charge in [-0.05, 0) is 56.8 Å². The van der Waals surface area contributed by atoms with E-state index in [4.69, 9.17) is 17.2 Å². The number of carbonyl (C=O) groups excluding carboxylic acids is 4. The normalized spacial score (nSPS) is 14.1. The summed E-state index contributed by atoms with van der Waals surface area (Å²) in [7, 11) is 0. The van der Waals surface area contributed by atoms with Gasteiger partial charge in [-0.3, -0.25) is 19.2 Å². The van der Waals surface area contributed by atoms with Crippen LogP contribution in [-0.4, -0.2) is 70.5 Å². The number of primary amides is 1. The Morgan fingerprint density at radius 1 is 0.914 bits per heavy atom. The first-order valence-corrected chi connectivity index (χ1v) is 11.1. The topological polar surface area (TPSA) is 240 Å². The number of nitrogens with two attached hydrogens (primary N) is 3. The van der Waals surface area contributed by atoms with Gasteiger partial charge >= 0.3 is 5.97 Å². The lowest BCUT2D eigenvalue weighted by Gasteiger charge is -2.23. The van der Waals surface area contributed by atoms with Crippen LogP contribution in [0.3, 0.4) is 0 Å². The molecule has 0 bridgehead atoms. The Balaban J connectivity index is 2.76. The van der Waals surface area contributed by atoms with Crippen molar-refractivity contribution in [2.75, 3.05) is 6.54 Å². The van der Waals surface area contributed by atoms with Gasteiger partial charge in [0.1, 0.15) is 23.9 Å². The van der Waals surface area contributed by atoms with Gasteiger partial charge in [0.25, 0.3) is 0 Å². The molecule has 4 atom stereocenters. The number of aromatic hydroxyl groups is 1. The number of nitrogens with one attached hydrogen (secondary N) is 3. The fourth-order valence-corrected chi connectivity index (χ4v) is 3.10. The molecule has 1 rings (SSSR count). The second-order valence-corrected chi connectivity index (χ2v) is 8.12. The molecular formula is C22H34N6O7. The van der Waals surface area contributed by atoms with Gasteiger partial charge < -0.3 is 43.4 Å². The minimum atomic E-state index is -1.55. The Labute approximate surface area is 202 Å². The molecule has 0 heterocycles. The van der Waals surface area contributed by atoms with Gasteiger partial charge in [-0.15, -0.1) is 0 Å². The minimum absolute atomic E-state index is 0.0754. The van der Waals surface area contributed by atoms with Gasteiger partial charge in [0.15, 0.2) is 0 Å². The average molecular weight is 495 g/mol. The summed E-state index contributed by atoms with van der Waals surface area (Å²) in [5, 5.41) is 25.7. The van der Waals surface area contributed by atoms with E-state index in [-0.39, 0.29) is 18.6 Å². The predicted octanol–water partition coefficient (Wildman–Crippen LogP) is -2.17. The zero-order valence-electron chi connectivity index (χ0n) is 19.5. The zero-order valence-corrected chi connectivity index (χ0v) is 19.5. The SMILES string of the molecule is CC(NC(=O)C(N)Cc1ccc(O)cc1)C(=O)NC(CCCCN)C(=O)NC(CC(N)=O)C(=O)O. The number of rotatable bonds is 15. The number of amides is 4. The Kier molecular flexibility index (Phi) is 12.2. The summed E-state index contributed by atoms with van der Waals surface area (Å²) in [5.74, 6) is -4.39. The van der Waals surface area contributed by atoms with Gasteiger partial charge in [-0.25, -0.2) is 4.79 Å². The average Bonchev–Trinajstić information content (AvgIpc) is 2.78. The van der Waals surface area contributed by atoms with E-state index < -0.39 is 60.2 Å². The quantitative estimate of drug-likeness (QED) is 0.123. The number of carboxylic acid groups (broad SMARTS) is 1. The molecule has 1 aromatic rings. The third-order valence-corrected chi connectivity index (χ3v) is 5.08. The second-order valence-electron chi connectivity index (χ2n) is 8.12. The van der Waals surface area contributed by atoms with Gasteiger partial charge in [0, 0.05) is 0 Å². The van der Waals surface area contributed by atoms with Crippen molar-refractivity contribution in [1.82, 2.24) is 16.0 Å². The molecule has 0 saturated heterocycles. The number of phenolic OH excluding ortho intramolecular Hbond substituents is 1. The van der Waals surface area contributed by atoms with Crippen LogP contribution in [0.4, 0.5) is 0 Å². The number of hydrogen-bond donors (Lipinski definition) is 8. The monoisotopic (exact) mass is 494 g/mol. The summed E-state index contributed by atoms with van der Waals surface area (Å²) < 4.78 is 0. The van der Waals surface area contributed by atoms with Crippen molar-refractivity contribution in [3.8, 4) is 5.75 Å². The highest BCUT2D eigenvalue weighted by Crippen LogP contribution is 2.11. The Hall–Kier alpha value is -3.71. The molecule has 194 valence electrons. The number of benzene rings is 1. The third-order valence-electron chi connectivity index (χ3n) is 5.08. The van der Waals surface area contributed by atoms with Crippen LogP contribution >= 0.6 is 0 Å². The maximum Gasteiger partial charge on any atom is 0.326 e. The fourth-order valence-electron chi connectivity index (χ4n) is 3.10. The van der Waals surface area contributed by atoms with E-state index in [0.29, 0.717) is 24.9 Å². The molecular weight excluding hydrogens is 460 g/mol. The predicted molar refractivity (Wildman–Crippen MR) is 126 cm³/mol. The molecule has 0 fully saturated rings. The van der Waals surface area contributed by atoms with E-state index in [2.05, 4.69) is 16.0 Å². The minimum Gasteiger partial charge on any atom is -0.508 e. The Morgan fingerprint density at radius 3 is 2.06 bits per heavy atom. The summed E-state index contributed by atoms with van der Waals surface area (Å²) in [5.41, 5.74) is 17.1. The Morgan fingerprint density at radius 2 is 1.51 bits per heavy atom. The highest BCUT2D eigenvalue weighted by Gasteiger charge is 2.29. The number of hydrogen-bond acceptors (Lipinski definition) is 8. The smallest absolute Gasteiger partial charge is 0.326 e. The number of carboxylic acids is 1. The van der Waals surface area contributed by atoms with Crippen LogP contribution in [0.15, 0.2) is 24.3 Å². The third kappa shape index (κ3) is 10.8. The second kappa shape index (κ2) is 14.5. The summed E-state index contributed by atoms with van der Waals surface area (Å²) >= 11 is 0. The van der Waals surface area contributed by atoms with Crippen LogP contribution < -0.4 is 33.2 Å². The van der Waals surface area contributed by atoms with Crippen LogP contribution in [-0.2, 0) is 30.4 Å². The van der Waals surface area contributed by atoms with Crippen LogP contribution in [0.5, 0.6) is 5.75 Å². The fraction of sp³-hybridized carbons (Fsp3) is 0.500. The molecule has 35 heavy (non-hydrogen) atoms. The van der Waals surface area contributed by atoms with Crippen molar-refractivity contribution in [2.45, 2.75) is 63.2 Å². The van der Waals surface area contributed by atoms with Crippen LogP contribution in [0.1, 0.15) is 38.2 Å². The summed E-state index contributed by atoms with van der Waals surface area (Å²) in [6.07, 6.45) is 0.720. The van der Waals surface area contributed by atoms with E-state index in [1.54, 1.807) is 12.1 Å². The zero-order chi connectivity index (χ0) is 26.5. The molecule has 0 aliphatic carbocycles. The van der Waals surface area contributed by atoms with Crippen molar-refractivity contribution in [3.63, 3.8) is 0 Å². The molecule has 13 heteroatoms. The molecule has 13 nitrogen and oxygen atoms in total. The van der Waals surface area contributed by atoms with Crippen LogP contribution in [0.2, 0.25) is 0 Å². The van der Waals surface area contributed by atoms with Crippen LogP contribution in [0, 0.1) is 0 Å².